The van der Waals surface area contributed by atoms with Crippen LogP contribution in [0.25, 0.3) is 0 Å². The van der Waals surface area contributed by atoms with E-state index in [4.69, 9.17) is 40.2 Å². The Morgan fingerprint density at radius 3 is 2.69 bits per heavy atom. The second-order valence-electron chi connectivity index (χ2n) is 6.62. The average molecular weight is 467 g/mol. The van der Waals surface area contributed by atoms with Gasteiger partial charge in [0.25, 0.3) is 0 Å². The van der Waals surface area contributed by atoms with Crippen LogP contribution in [0.2, 0.25) is 10.0 Å². The van der Waals surface area contributed by atoms with Gasteiger partial charge in [-0.05, 0) is 49.7 Å². The Bertz CT molecular complexity index is 900. The quantitative estimate of drug-likeness (QED) is 0.418. The number of methoxy groups -OCH3 is 1. The molecule has 2 N–H and O–H groups in total. The van der Waals surface area contributed by atoms with Gasteiger partial charge in [0.1, 0.15) is 5.75 Å². The third-order valence-electron chi connectivity index (χ3n) is 4.41. The first kappa shape index (κ1) is 22.0. The van der Waals surface area contributed by atoms with E-state index >= 15 is 0 Å². The molecule has 0 atom stereocenters. The number of ether oxygens (including phenoxy) is 1. The Morgan fingerprint density at radius 1 is 1.34 bits per heavy atom. The van der Waals surface area contributed by atoms with Crippen LogP contribution in [0.1, 0.15) is 36.6 Å². The van der Waals surface area contributed by atoms with E-state index in [2.05, 4.69) is 15.7 Å². The van der Waals surface area contributed by atoms with Crippen LogP contribution in [0.5, 0.6) is 5.75 Å². The van der Waals surface area contributed by atoms with E-state index in [1.165, 1.54) is 11.8 Å². The van der Waals surface area contributed by atoms with E-state index in [1.54, 1.807) is 18.2 Å². The van der Waals surface area contributed by atoms with Gasteiger partial charge in [0, 0.05) is 24.0 Å². The van der Waals surface area contributed by atoms with E-state index in [1.807, 2.05) is 0 Å². The largest absolute Gasteiger partial charge is 0.495 e. The zero-order chi connectivity index (χ0) is 21.2. The molecule has 0 unspecified atom stereocenters. The standard InChI is InChI=1S/C18H19Cl2F3N4OS/c1-28-13-6-5-11(19)9-12(13)25-17(29)24-7-2-8-27-15(10-3-4-10)14(20)16(26-27)18(21,22)23/h5-6,9-10H,2-4,7-8H2,1H3,(H2,24,25,29). The van der Waals surface area contributed by atoms with Crippen molar-refractivity contribution in [2.75, 3.05) is 19.0 Å². The number of aromatic nitrogens is 2. The molecule has 1 heterocycles. The first-order chi connectivity index (χ1) is 13.7. The summed E-state index contributed by atoms with van der Waals surface area (Å²) in [5.41, 5.74) is 0.0739. The number of thiocarbonyl (C=S) groups is 1. The van der Waals surface area contributed by atoms with Crippen LogP contribution in [0, 0.1) is 0 Å². The molecule has 158 valence electrons. The lowest BCUT2D eigenvalue weighted by Gasteiger charge is -2.14. The predicted octanol–water partition coefficient (Wildman–Crippen LogP) is 5.47. The molecule has 1 aromatic heterocycles. The van der Waals surface area contributed by atoms with Crippen molar-refractivity contribution in [3.05, 3.63) is 39.6 Å². The first-order valence-electron chi connectivity index (χ1n) is 8.92. The number of hydrogen-bond donors (Lipinski definition) is 2. The fourth-order valence-electron chi connectivity index (χ4n) is 2.93. The van der Waals surface area contributed by atoms with Crippen LogP contribution in [-0.4, -0.2) is 28.5 Å². The molecular weight excluding hydrogens is 448 g/mol. The van der Waals surface area contributed by atoms with E-state index < -0.39 is 11.9 Å². The predicted molar refractivity (Wildman–Crippen MR) is 111 cm³/mol. The summed E-state index contributed by atoms with van der Waals surface area (Å²) >= 11 is 17.2. The maximum atomic E-state index is 13.1. The molecule has 1 aromatic carbocycles. The van der Waals surface area contributed by atoms with Gasteiger partial charge in [-0.15, -0.1) is 0 Å². The number of alkyl halides is 3. The molecule has 0 spiro atoms. The van der Waals surface area contributed by atoms with Gasteiger partial charge in [0.15, 0.2) is 10.8 Å². The van der Waals surface area contributed by atoms with Gasteiger partial charge in [0.2, 0.25) is 0 Å². The van der Waals surface area contributed by atoms with E-state index in [-0.39, 0.29) is 10.9 Å². The summed E-state index contributed by atoms with van der Waals surface area (Å²) in [6.07, 6.45) is -2.39. The molecular formula is C18H19Cl2F3N4OS. The number of halogens is 5. The summed E-state index contributed by atoms with van der Waals surface area (Å²) in [5, 5.41) is 10.3. The van der Waals surface area contributed by atoms with Gasteiger partial charge in [0.05, 0.1) is 23.5 Å². The second-order valence-corrected chi connectivity index (χ2v) is 7.84. The zero-order valence-electron chi connectivity index (χ0n) is 15.4. The van der Waals surface area contributed by atoms with E-state index in [9.17, 15) is 13.2 Å². The Balaban J connectivity index is 1.56. The van der Waals surface area contributed by atoms with Gasteiger partial charge in [-0.25, -0.2) is 0 Å². The number of hydrogen-bond acceptors (Lipinski definition) is 3. The summed E-state index contributed by atoms with van der Waals surface area (Å²) in [4.78, 5) is 0. The number of nitrogens with one attached hydrogen (secondary N) is 2. The number of benzene rings is 1. The smallest absolute Gasteiger partial charge is 0.436 e. The van der Waals surface area contributed by atoms with E-state index in [0.29, 0.717) is 46.8 Å². The van der Waals surface area contributed by atoms with Crippen LogP contribution < -0.4 is 15.4 Å². The average Bonchev–Trinajstić information content (AvgIpc) is 3.41. The number of nitrogens with zero attached hydrogens (tertiary/aromatic N) is 2. The van der Waals surface area contributed by atoms with Crippen molar-refractivity contribution in [1.82, 2.24) is 15.1 Å². The van der Waals surface area contributed by atoms with E-state index in [0.717, 1.165) is 12.8 Å². The van der Waals surface area contributed by atoms with Crippen molar-refractivity contribution in [3.63, 3.8) is 0 Å². The van der Waals surface area contributed by atoms with Crippen molar-refractivity contribution in [3.8, 4) is 5.75 Å². The van der Waals surface area contributed by atoms with Gasteiger partial charge in [-0.3, -0.25) is 4.68 Å². The molecule has 11 heteroatoms. The van der Waals surface area contributed by atoms with Gasteiger partial charge >= 0.3 is 6.18 Å². The maximum Gasteiger partial charge on any atom is 0.436 e. The zero-order valence-corrected chi connectivity index (χ0v) is 17.8. The lowest BCUT2D eigenvalue weighted by Crippen LogP contribution is -2.30. The molecule has 0 amide bonds. The van der Waals surface area contributed by atoms with Crippen LogP contribution in [-0.2, 0) is 12.7 Å². The summed E-state index contributed by atoms with van der Waals surface area (Å²) in [6, 6.07) is 5.09. The number of rotatable bonds is 7. The highest BCUT2D eigenvalue weighted by atomic mass is 35.5. The summed E-state index contributed by atoms with van der Waals surface area (Å²) in [7, 11) is 1.53. The summed E-state index contributed by atoms with van der Waals surface area (Å²) in [5.74, 6) is 0.635. The normalized spacial score (nSPS) is 14.0. The van der Waals surface area contributed by atoms with Gasteiger partial charge in [-0.2, -0.15) is 18.3 Å². The summed E-state index contributed by atoms with van der Waals surface area (Å²) < 4.78 is 45.9. The molecule has 0 radical (unpaired) electrons. The van der Waals surface area contributed by atoms with Crippen molar-refractivity contribution in [2.45, 2.75) is 37.9 Å². The lowest BCUT2D eigenvalue weighted by atomic mass is 10.2. The molecule has 5 nitrogen and oxygen atoms in total. The molecule has 29 heavy (non-hydrogen) atoms. The maximum absolute atomic E-state index is 13.1. The third kappa shape index (κ3) is 5.46. The molecule has 0 saturated heterocycles. The topological polar surface area (TPSA) is 51.1 Å². The Morgan fingerprint density at radius 2 is 2.07 bits per heavy atom. The van der Waals surface area contributed by atoms with Crippen LogP contribution in [0.4, 0.5) is 18.9 Å². The van der Waals surface area contributed by atoms with Crippen molar-refractivity contribution < 1.29 is 17.9 Å². The molecule has 3 rings (SSSR count). The van der Waals surface area contributed by atoms with Crippen LogP contribution in [0.15, 0.2) is 18.2 Å². The minimum atomic E-state index is -4.56. The lowest BCUT2D eigenvalue weighted by molar-refractivity contribution is -0.141. The SMILES string of the molecule is COc1ccc(Cl)cc1NC(=S)NCCCn1nc(C(F)(F)F)c(Cl)c1C1CC1. The summed E-state index contributed by atoms with van der Waals surface area (Å²) in [6.45, 7) is 0.745. The van der Waals surface area contributed by atoms with Crippen molar-refractivity contribution in [1.29, 1.82) is 0 Å². The molecule has 1 aliphatic carbocycles. The molecule has 1 aliphatic rings. The minimum Gasteiger partial charge on any atom is -0.495 e. The fourth-order valence-corrected chi connectivity index (χ4v) is 3.71. The third-order valence-corrected chi connectivity index (χ3v) is 5.26. The Hall–Kier alpha value is -1.71. The molecule has 0 bridgehead atoms. The monoisotopic (exact) mass is 466 g/mol. The highest BCUT2D eigenvalue weighted by molar-refractivity contribution is 7.80. The van der Waals surface area contributed by atoms with Crippen molar-refractivity contribution >= 4 is 46.2 Å². The first-order valence-corrected chi connectivity index (χ1v) is 10.1. The van der Waals surface area contributed by atoms with Gasteiger partial charge < -0.3 is 15.4 Å². The van der Waals surface area contributed by atoms with Crippen molar-refractivity contribution in [2.24, 2.45) is 0 Å². The molecule has 1 fully saturated rings. The molecule has 1 saturated carbocycles. The Kier molecular flexibility index (Phi) is 6.80. The highest BCUT2D eigenvalue weighted by Crippen LogP contribution is 2.46. The molecule has 0 aliphatic heterocycles. The van der Waals surface area contributed by atoms with Crippen LogP contribution >= 0.6 is 35.4 Å². The molecule has 2 aromatic rings. The fraction of sp³-hybridized carbons (Fsp3) is 0.444. The number of anilines is 1. The van der Waals surface area contributed by atoms with Crippen LogP contribution in [0.3, 0.4) is 0 Å². The minimum absolute atomic E-state index is 0.0529. The van der Waals surface area contributed by atoms with Gasteiger partial charge in [-0.1, -0.05) is 23.2 Å². The highest BCUT2D eigenvalue weighted by Gasteiger charge is 2.41. The number of aryl methyl sites for hydroxylation is 1. The Labute approximate surface area is 181 Å². The second kappa shape index (κ2) is 8.97.